The van der Waals surface area contributed by atoms with E-state index in [9.17, 15) is 24.0 Å². The van der Waals surface area contributed by atoms with E-state index in [1.165, 1.54) is 12.1 Å². The second-order valence-electron chi connectivity index (χ2n) is 8.71. The third-order valence-corrected chi connectivity index (χ3v) is 5.86. The Balaban J connectivity index is 1.19. The largest absolute Gasteiger partial charge is 0.491 e. The minimum atomic E-state index is -1.01. The van der Waals surface area contributed by atoms with Crippen molar-refractivity contribution in [3.8, 4) is 5.75 Å². The highest BCUT2D eigenvalue weighted by molar-refractivity contribution is 6.23. The van der Waals surface area contributed by atoms with Gasteiger partial charge in [0.15, 0.2) is 0 Å². The number of carboxylic acids is 1. The Kier molecular flexibility index (Phi) is 12.9. The summed E-state index contributed by atoms with van der Waals surface area (Å²) in [5.74, 6) is -2.75. The van der Waals surface area contributed by atoms with Crippen LogP contribution in [-0.2, 0) is 38.1 Å². The number of fused-ring (bicyclic) bond motifs is 1. The summed E-state index contributed by atoms with van der Waals surface area (Å²) in [6.07, 6.45) is 0.128. The van der Waals surface area contributed by atoms with E-state index < -0.39 is 35.6 Å². The fourth-order valence-corrected chi connectivity index (χ4v) is 3.90. The van der Waals surface area contributed by atoms with E-state index >= 15 is 0 Å². The van der Waals surface area contributed by atoms with E-state index in [1.54, 1.807) is 6.07 Å². The summed E-state index contributed by atoms with van der Waals surface area (Å²) in [6, 6.07) is 3.51. The van der Waals surface area contributed by atoms with Gasteiger partial charge in [0.2, 0.25) is 11.8 Å². The van der Waals surface area contributed by atoms with Crippen LogP contribution < -0.4 is 10.1 Å². The first-order valence-corrected chi connectivity index (χ1v) is 13.0. The molecule has 1 saturated heterocycles. The molecule has 1 aromatic carbocycles. The van der Waals surface area contributed by atoms with Crippen molar-refractivity contribution < 1.29 is 57.5 Å². The molecule has 0 saturated carbocycles. The highest BCUT2D eigenvalue weighted by Crippen LogP contribution is 2.30. The van der Waals surface area contributed by atoms with E-state index in [0.29, 0.717) is 58.6 Å². The number of aliphatic carboxylic acids is 1. The molecule has 1 unspecified atom stereocenters. The van der Waals surface area contributed by atoms with Crippen LogP contribution in [0.25, 0.3) is 0 Å². The second kappa shape index (κ2) is 16.6. The van der Waals surface area contributed by atoms with Gasteiger partial charge in [0.1, 0.15) is 18.4 Å². The summed E-state index contributed by atoms with van der Waals surface area (Å²) in [6.45, 7) is 3.70. The molecule has 220 valence electrons. The van der Waals surface area contributed by atoms with Crippen LogP contribution in [0.5, 0.6) is 5.75 Å². The number of hydrogen-bond donors (Lipinski definition) is 2. The number of rotatable bonds is 20. The zero-order valence-corrected chi connectivity index (χ0v) is 22.1. The van der Waals surface area contributed by atoms with Crippen LogP contribution in [0.2, 0.25) is 0 Å². The molecule has 0 aliphatic carbocycles. The van der Waals surface area contributed by atoms with Gasteiger partial charge in [-0.3, -0.25) is 34.2 Å². The Morgan fingerprint density at radius 3 is 1.85 bits per heavy atom. The number of hydrogen-bond acceptors (Lipinski definition) is 11. The number of carbonyl (C=O) groups excluding carboxylic acids is 4. The number of ether oxygens (including phenoxy) is 6. The smallest absolute Gasteiger partial charge is 0.305 e. The molecule has 40 heavy (non-hydrogen) atoms. The van der Waals surface area contributed by atoms with Crippen LogP contribution in [-0.4, -0.2) is 118 Å². The number of carbonyl (C=O) groups is 5. The number of amides is 4. The molecule has 0 bridgehead atoms. The molecule has 2 aliphatic rings. The van der Waals surface area contributed by atoms with Gasteiger partial charge in [-0.2, -0.15) is 0 Å². The number of imide groups is 2. The zero-order chi connectivity index (χ0) is 28.7. The van der Waals surface area contributed by atoms with Crippen molar-refractivity contribution in [2.75, 3.05) is 72.7 Å². The SMILES string of the molecule is O=C(O)CCOCCOCCOCCOCCOCCOc1ccc2c(c1)C(=O)N(C1CCC(=O)NC1=O)C2=O. The lowest BCUT2D eigenvalue weighted by molar-refractivity contribution is -0.138. The molecule has 2 aliphatic heterocycles. The van der Waals surface area contributed by atoms with Crippen molar-refractivity contribution in [2.45, 2.75) is 25.3 Å². The van der Waals surface area contributed by atoms with Crippen LogP contribution in [0, 0.1) is 0 Å². The fraction of sp³-hybridized carbons (Fsp3) is 0.577. The number of nitrogens with one attached hydrogen (secondary N) is 1. The molecule has 0 spiro atoms. The maximum absolute atomic E-state index is 12.8. The van der Waals surface area contributed by atoms with E-state index in [4.69, 9.17) is 33.5 Å². The molecule has 0 aromatic heterocycles. The Hall–Kier alpha value is -3.43. The van der Waals surface area contributed by atoms with Gasteiger partial charge < -0.3 is 33.5 Å². The number of benzene rings is 1. The lowest BCUT2D eigenvalue weighted by Gasteiger charge is -2.27. The van der Waals surface area contributed by atoms with Crippen molar-refractivity contribution in [3.63, 3.8) is 0 Å². The minimum Gasteiger partial charge on any atom is -0.491 e. The van der Waals surface area contributed by atoms with Gasteiger partial charge in [0.25, 0.3) is 11.8 Å². The molecule has 1 atom stereocenters. The summed E-state index contributed by atoms with van der Waals surface area (Å²) >= 11 is 0. The highest BCUT2D eigenvalue weighted by atomic mass is 16.6. The molecule has 2 N–H and O–H groups in total. The monoisotopic (exact) mass is 566 g/mol. The third-order valence-electron chi connectivity index (χ3n) is 5.86. The van der Waals surface area contributed by atoms with Crippen molar-refractivity contribution in [1.82, 2.24) is 10.2 Å². The van der Waals surface area contributed by atoms with E-state index in [0.717, 1.165) is 4.90 Å². The Morgan fingerprint density at radius 1 is 0.775 bits per heavy atom. The maximum atomic E-state index is 12.8. The standard InChI is InChI=1S/C26H34N2O12/c29-22-4-3-21(24(32)27-22)28-25(33)19-2-1-18(17-20(19)26(28)34)40-16-15-39-14-13-38-12-11-37-10-9-36-8-7-35-6-5-23(30)31/h1-2,17,21H,3-16H2,(H,30,31)(H,27,29,32). The topological polar surface area (TPSA) is 176 Å². The Labute approximate surface area is 230 Å². The normalized spacial score (nSPS) is 16.8. The summed E-state index contributed by atoms with van der Waals surface area (Å²) in [4.78, 5) is 60.3. The number of piperidine rings is 1. The first kappa shape index (κ1) is 31.1. The van der Waals surface area contributed by atoms with Crippen molar-refractivity contribution in [2.24, 2.45) is 0 Å². The lowest BCUT2D eigenvalue weighted by Crippen LogP contribution is -2.54. The average Bonchev–Trinajstić information content (AvgIpc) is 3.17. The second-order valence-corrected chi connectivity index (χ2v) is 8.71. The third kappa shape index (κ3) is 9.64. The number of nitrogens with zero attached hydrogens (tertiary/aromatic N) is 1. The zero-order valence-electron chi connectivity index (χ0n) is 22.1. The van der Waals surface area contributed by atoms with E-state index in [-0.39, 0.29) is 50.2 Å². The minimum absolute atomic E-state index is 0.0274. The summed E-state index contributed by atoms with van der Waals surface area (Å²) in [5, 5.41) is 10.6. The van der Waals surface area contributed by atoms with Gasteiger partial charge in [-0.05, 0) is 24.6 Å². The molecular formula is C26H34N2O12. The van der Waals surface area contributed by atoms with Gasteiger partial charge in [-0.25, -0.2) is 0 Å². The van der Waals surface area contributed by atoms with Crippen LogP contribution >= 0.6 is 0 Å². The number of carboxylic acid groups (broad SMARTS) is 1. The van der Waals surface area contributed by atoms with Crippen LogP contribution in [0.3, 0.4) is 0 Å². The summed E-state index contributed by atoms with van der Waals surface area (Å²) < 4.78 is 32.3. The fourth-order valence-electron chi connectivity index (χ4n) is 3.90. The Bertz CT molecular complexity index is 1050. The van der Waals surface area contributed by atoms with Crippen LogP contribution in [0.1, 0.15) is 40.0 Å². The van der Waals surface area contributed by atoms with E-state index in [1.807, 2.05) is 0 Å². The molecule has 3 rings (SSSR count). The van der Waals surface area contributed by atoms with Crippen molar-refractivity contribution in [1.29, 1.82) is 0 Å². The summed E-state index contributed by atoms with van der Waals surface area (Å²) in [7, 11) is 0. The van der Waals surface area contributed by atoms with Crippen molar-refractivity contribution in [3.05, 3.63) is 29.3 Å². The first-order valence-electron chi connectivity index (χ1n) is 13.0. The van der Waals surface area contributed by atoms with E-state index in [2.05, 4.69) is 5.32 Å². The van der Waals surface area contributed by atoms with Gasteiger partial charge in [-0.1, -0.05) is 0 Å². The van der Waals surface area contributed by atoms with Crippen LogP contribution in [0.4, 0.5) is 0 Å². The van der Waals surface area contributed by atoms with Crippen LogP contribution in [0.15, 0.2) is 18.2 Å². The predicted molar refractivity (Wildman–Crippen MR) is 135 cm³/mol. The molecule has 1 aromatic rings. The van der Waals surface area contributed by atoms with Crippen molar-refractivity contribution >= 4 is 29.6 Å². The first-order chi connectivity index (χ1) is 19.4. The average molecular weight is 567 g/mol. The van der Waals surface area contributed by atoms with Gasteiger partial charge in [-0.15, -0.1) is 0 Å². The molecule has 0 radical (unpaired) electrons. The highest BCUT2D eigenvalue weighted by Gasteiger charge is 2.44. The van der Waals surface area contributed by atoms with Gasteiger partial charge in [0, 0.05) is 6.42 Å². The molecule has 4 amide bonds. The predicted octanol–water partition coefficient (Wildman–Crippen LogP) is 0.0243. The molecule has 2 heterocycles. The summed E-state index contributed by atoms with van der Waals surface area (Å²) in [5.41, 5.74) is 0.337. The van der Waals surface area contributed by atoms with Gasteiger partial charge >= 0.3 is 5.97 Å². The molecule has 1 fully saturated rings. The molecule has 14 nitrogen and oxygen atoms in total. The lowest BCUT2D eigenvalue weighted by atomic mass is 10.0. The quantitative estimate of drug-likeness (QED) is 0.160. The maximum Gasteiger partial charge on any atom is 0.305 e. The van der Waals surface area contributed by atoms with Gasteiger partial charge in [0.05, 0.1) is 83.6 Å². The molecule has 14 heteroatoms. The Morgan fingerprint density at radius 2 is 1.30 bits per heavy atom. The molecular weight excluding hydrogens is 532 g/mol.